The van der Waals surface area contributed by atoms with Crippen molar-refractivity contribution in [2.24, 2.45) is 0 Å². The Kier molecular flexibility index (Phi) is 6.98. The molecule has 1 aromatic heterocycles. The van der Waals surface area contributed by atoms with Gasteiger partial charge in [-0.2, -0.15) is 0 Å². The van der Waals surface area contributed by atoms with Crippen LogP contribution in [0.4, 0.5) is 0 Å². The number of nitrogens with one attached hydrogen (secondary N) is 3. The van der Waals surface area contributed by atoms with E-state index < -0.39 is 21.8 Å². The first kappa shape index (κ1) is 21.6. The van der Waals surface area contributed by atoms with Crippen molar-refractivity contribution in [1.82, 2.24) is 15.6 Å². The summed E-state index contributed by atoms with van der Waals surface area (Å²) in [5.41, 5.74) is 6.86. The smallest absolute Gasteiger partial charge is 0.273 e. The van der Waals surface area contributed by atoms with Crippen LogP contribution in [0.1, 0.15) is 45.8 Å². The van der Waals surface area contributed by atoms with Gasteiger partial charge in [-0.3, -0.25) is 20.4 Å². The molecule has 28 heavy (non-hydrogen) atoms. The van der Waals surface area contributed by atoms with Gasteiger partial charge in [0.2, 0.25) is 15.9 Å². The van der Waals surface area contributed by atoms with Gasteiger partial charge in [0, 0.05) is 13.0 Å². The number of hydrogen-bond acceptors (Lipinski definition) is 5. The lowest BCUT2D eigenvalue weighted by atomic mass is 10.1. The van der Waals surface area contributed by atoms with Crippen molar-refractivity contribution in [1.29, 1.82) is 0 Å². The number of furan rings is 1. The first-order valence-electron chi connectivity index (χ1n) is 8.83. The van der Waals surface area contributed by atoms with Crippen LogP contribution >= 0.6 is 0 Å². The van der Waals surface area contributed by atoms with Gasteiger partial charge in [0.25, 0.3) is 5.91 Å². The second-order valence-electron chi connectivity index (χ2n) is 6.58. The molecular weight excluding hydrogens is 382 g/mol. The van der Waals surface area contributed by atoms with E-state index in [2.05, 4.69) is 15.6 Å². The van der Waals surface area contributed by atoms with Crippen molar-refractivity contribution in [2.75, 3.05) is 6.54 Å². The molecule has 2 amide bonds. The fraction of sp³-hybridized carbons (Fsp3) is 0.368. The number of hydrogen-bond donors (Lipinski definition) is 3. The largest absolute Gasteiger partial charge is 0.466 e. The Morgan fingerprint density at radius 1 is 1.00 bits per heavy atom. The number of carbonyl (C=O) groups is 2. The van der Waals surface area contributed by atoms with Crippen molar-refractivity contribution >= 4 is 21.8 Å². The van der Waals surface area contributed by atoms with E-state index in [0.29, 0.717) is 17.1 Å². The third-order valence-corrected chi connectivity index (χ3v) is 5.72. The molecule has 0 saturated carbocycles. The fourth-order valence-corrected chi connectivity index (χ4v) is 3.69. The van der Waals surface area contributed by atoms with Gasteiger partial charge in [-0.05, 0) is 63.4 Å². The molecule has 0 spiro atoms. The SMILES string of the molecule is Cc1cc(C(=O)NNC(=O)CCCNS(=O)(=O)c2ccc(C)c(C)c2)c(C)o1. The molecule has 0 aliphatic heterocycles. The molecular formula is C19H25N3O5S. The Balaban J connectivity index is 1.75. The van der Waals surface area contributed by atoms with Crippen LogP contribution in [0.2, 0.25) is 0 Å². The summed E-state index contributed by atoms with van der Waals surface area (Å²) in [6, 6.07) is 6.49. The van der Waals surface area contributed by atoms with Crippen LogP contribution in [-0.4, -0.2) is 26.8 Å². The van der Waals surface area contributed by atoms with E-state index >= 15 is 0 Å². The molecule has 0 saturated heterocycles. The third kappa shape index (κ3) is 5.67. The van der Waals surface area contributed by atoms with E-state index in [9.17, 15) is 18.0 Å². The van der Waals surface area contributed by atoms with E-state index in [4.69, 9.17) is 4.42 Å². The van der Waals surface area contributed by atoms with E-state index in [0.717, 1.165) is 11.1 Å². The average Bonchev–Trinajstić information content (AvgIpc) is 2.97. The van der Waals surface area contributed by atoms with Crippen LogP contribution in [0.15, 0.2) is 33.6 Å². The predicted octanol–water partition coefficient (Wildman–Crippen LogP) is 2.03. The zero-order valence-electron chi connectivity index (χ0n) is 16.4. The molecule has 0 radical (unpaired) electrons. The van der Waals surface area contributed by atoms with Crippen molar-refractivity contribution < 1.29 is 22.4 Å². The lowest BCUT2D eigenvalue weighted by Crippen LogP contribution is -2.41. The summed E-state index contributed by atoms with van der Waals surface area (Å²) < 4.78 is 32.3. The van der Waals surface area contributed by atoms with Gasteiger partial charge in [-0.1, -0.05) is 6.07 Å². The zero-order valence-corrected chi connectivity index (χ0v) is 17.2. The summed E-state index contributed by atoms with van der Waals surface area (Å²) in [4.78, 5) is 24.0. The molecule has 3 N–H and O–H groups in total. The first-order valence-corrected chi connectivity index (χ1v) is 10.3. The summed E-state index contributed by atoms with van der Waals surface area (Å²) in [5, 5.41) is 0. The number of carbonyl (C=O) groups excluding carboxylic acids is 2. The second kappa shape index (κ2) is 9.03. The van der Waals surface area contributed by atoms with Crippen molar-refractivity contribution in [3.05, 3.63) is 52.5 Å². The molecule has 0 unspecified atom stereocenters. The highest BCUT2D eigenvalue weighted by atomic mass is 32.2. The minimum Gasteiger partial charge on any atom is -0.466 e. The summed E-state index contributed by atoms with van der Waals surface area (Å²) >= 11 is 0. The second-order valence-corrected chi connectivity index (χ2v) is 8.34. The van der Waals surface area contributed by atoms with Gasteiger partial charge in [0.05, 0.1) is 10.5 Å². The Labute approximate surface area is 164 Å². The van der Waals surface area contributed by atoms with E-state index in [1.54, 1.807) is 38.1 Å². The van der Waals surface area contributed by atoms with Gasteiger partial charge >= 0.3 is 0 Å². The van der Waals surface area contributed by atoms with Crippen LogP contribution in [0.5, 0.6) is 0 Å². The summed E-state index contributed by atoms with van der Waals surface area (Å²) in [5.74, 6) is 0.171. The van der Waals surface area contributed by atoms with Crippen molar-refractivity contribution in [3.63, 3.8) is 0 Å². The number of sulfonamides is 1. The van der Waals surface area contributed by atoms with E-state index in [-0.39, 0.29) is 24.3 Å². The molecule has 2 aromatic rings. The maximum Gasteiger partial charge on any atom is 0.273 e. The minimum absolute atomic E-state index is 0.0547. The fourth-order valence-electron chi connectivity index (χ4n) is 2.53. The molecule has 0 aliphatic rings. The molecule has 0 bridgehead atoms. The maximum absolute atomic E-state index is 12.3. The summed E-state index contributed by atoms with van der Waals surface area (Å²) in [6.07, 6.45) is 0.342. The molecule has 0 atom stereocenters. The van der Waals surface area contributed by atoms with Gasteiger partial charge in [-0.25, -0.2) is 13.1 Å². The Bertz CT molecular complexity index is 979. The molecule has 0 aliphatic carbocycles. The lowest BCUT2D eigenvalue weighted by Gasteiger charge is -2.09. The lowest BCUT2D eigenvalue weighted by molar-refractivity contribution is -0.121. The quantitative estimate of drug-likeness (QED) is 0.479. The van der Waals surface area contributed by atoms with Crippen LogP contribution in [-0.2, 0) is 14.8 Å². The molecule has 9 heteroatoms. The molecule has 8 nitrogen and oxygen atoms in total. The average molecular weight is 407 g/mol. The van der Waals surface area contributed by atoms with Gasteiger partial charge in [0.1, 0.15) is 11.5 Å². The number of aryl methyl sites for hydroxylation is 4. The molecule has 1 aromatic carbocycles. The Hall–Kier alpha value is -2.65. The van der Waals surface area contributed by atoms with Crippen LogP contribution < -0.4 is 15.6 Å². The normalized spacial score (nSPS) is 11.3. The van der Waals surface area contributed by atoms with Crippen molar-refractivity contribution in [2.45, 2.75) is 45.4 Å². The van der Waals surface area contributed by atoms with E-state index in [1.807, 2.05) is 13.8 Å². The Morgan fingerprint density at radius 3 is 2.32 bits per heavy atom. The highest BCUT2D eigenvalue weighted by molar-refractivity contribution is 7.89. The molecule has 2 rings (SSSR count). The maximum atomic E-state index is 12.3. The highest BCUT2D eigenvalue weighted by Gasteiger charge is 2.15. The van der Waals surface area contributed by atoms with Gasteiger partial charge in [-0.15, -0.1) is 0 Å². The van der Waals surface area contributed by atoms with Gasteiger partial charge in [0.15, 0.2) is 0 Å². The third-order valence-electron chi connectivity index (χ3n) is 4.26. The van der Waals surface area contributed by atoms with Crippen LogP contribution in [0.3, 0.4) is 0 Å². The summed E-state index contributed by atoms with van der Waals surface area (Å²) in [6.45, 7) is 7.24. The van der Waals surface area contributed by atoms with Crippen LogP contribution in [0.25, 0.3) is 0 Å². The molecule has 0 fully saturated rings. The first-order chi connectivity index (χ1) is 13.1. The van der Waals surface area contributed by atoms with Gasteiger partial charge < -0.3 is 4.42 Å². The van der Waals surface area contributed by atoms with E-state index in [1.165, 1.54) is 0 Å². The topological polar surface area (TPSA) is 118 Å². The number of benzene rings is 1. The standard InChI is InChI=1S/C19H25N3O5S/c1-12-7-8-16(10-13(12)2)28(25,26)20-9-5-6-18(23)21-22-19(24)17-11-14(3)27-15(17)4/h7-8,10-11,20H,5-6,9H2,1-4H3,(H,21,23)(H,22,24). The van der Waals surface area contributed by atoms with Crippen LogP contribution in [0, 0.1) is 27.7 Å². The monoisotopic (exact) mass is 407 g/mol. The zero-order chi connectivity index (χ0) is 20.9. The van der Waals surface area contributed by atoms with Crippen molar-refractivity contribution in [3.8, 4) is 0 Å². The molecule has 152 valence electrons. The Morgan fingerprint density at radius 2 is 1.71 bits per heavy atom. The minimum atomic E-state index is -3.62. The molecule has 1 heterocycles. The number of amides is 2. The number of hydrazine groups is 1. The summed E-state index contributed by atoms with van der Waals surface area (Å²) in [7, 11) is -3.62. The highest BCUT2D eigenvalue weighted by Crippen LogP contribution is 2.15. The number of rotatable bonds is 7. The predicted molar refractivity (Wildman–Crippen MR) is 104 cm³/mol.